The van der Waals surface area contributed by atoms with Gasteiger partial charge in [-0.05, 0) is 44.5 Å². The van der Waals surface area contributed by atoms with E-state index in [1.807, 2.05) is 4.90 Å². The van der Waals surface area contributed by atoms with Crippen LogP contribution in [0.3, 0.4) is 0 Å². The Morgan fingerprint density at radius 3 is 2.50 bits per heavy atom. The molecule has 2 rings (SSSR count). The maximum atomic E-state index is 11.9. The lowest BCUT2D eigenvalue weighted by atomic mass is 9.97. The molecular weight excluding hydrogens is 324 g/mol. The maximum Gasteiger partial charge on any atom is 0.306 e. The second-order valence-corrected chi connectivity index (χ2v) is 6.64. The standard InChI is InChI=1S/C15H22N2O3S.ClH/c1-2-12-3-4-13(21-12)9-16-14(18)10-17-7-5-11(6-8-17)15(19)20;/h3-4,11H,2,5-10H2,1H3,(H,16,18)(H,19,20);1H. The number of hydrogen-bond donors (Lipinski definition) is 2. The normalized spacial score (nSPS) is 16.0. The highest BCUT2D eigenvalue weighted by Crippen LogP contribution is 2.18. The largest absolute Gasteiger partial charge is 0.481 e. The van der Waals surface area contributed by atoms with Crippen LogP contribution in [0, 0.1) is 5.92 Å². The van der Waals surface area contributed by atoms with E-state index in [2.05, 4.69) is 24.4 Å². The average Bonchev–Trinajstić information content (AvgIpc) is 2.94. The third-order valence-corrected chi connectivity index (χ3v) is 5.06. The lowest BCUT2D eigenvalue weighted by Crippen LogP contribution is -2.42. The van der Waals surface area contributed by atoms with Gasteiger partial charge in [0.25, 0.3) is 0 Å². The number of nitrogens with zero attached hydrogens (tertiary/aromatic N) is 1. The molecular formula is C15H23ClN2O3S. The molecule has 0 atom stereocenters. The van der Waals surface area contributed by atoms with Crippen LogP contribution in [0.2, 0.25) is 0 Å². The predicted molar refractivity (Wildman–Crippen MR) is 89.6 cm³/mol. The summed E-state index contributed by atoms with van der Waals surface area (Å²) in [5.41, 5.74) is 0. The van der Waals surface area contributed by atoms with Crippen molar-refractivity contribution in [2.45, 2.75) is 32.7 Å². The number of likely N-dealkylation sites (tertiary alicyclic amines) is 1. The van der Waals surface area contributed by atoms with Gasteiger partial charge in [-0.25, -0.2) is 0 Å². The topological polar surface area (TPSA) is 69.6 Å². The minimum absolute atomic E-state index is 0. The number of carbonyl (C=O) groups is 2. The summed E-state index contributed by atoms with van der Waals surface area (Å²) in [6, 6.07) is 4.16. The second kappa shape index (κ2) is 9.12. The molecule has 0 aliphatic carbocycles. The van der Waals surface area contributed by atoms with Crippen LogP contribution in [0.25, 0.3) is 0 Å². The van der Waals surface area contributed by atoms with E-state index in [4.69, 9.17) is 5.11 Å². The van der Waals surface area contributed by atoms with Crippen LogP contribution in [0.5, 0.6) is 0 Å². The van der Waals surface area contributed by atoms with Crippen molar-refractivity contribution in [3.8, 4) is 0 Å². The zero-order chi connectivity index (χ0) is 15.2. The summed E-state index contributed by atoms with van der Waals surface area (Å²) in [5.74, 6) is -0.957. The summed E-state index contributed by atoms with van der Waals surface area (Å²) < 4.78 is 0. The molecule has 0 radical (unpaired) electrons. The summed E-state index contributed by atoms with van der Waals surface area (Å²) in [6.07, 6.45) is 2.29. The number of hydrogen-bond acceptors (Lipinski definition) is 4. The molecule has 0 spiro atoms. The Labute approximate surface area is 141 Å². The number of rotatable bonds is 6. The van der Waals surface area contributed by atoms with Crippen molar-refractivity contribution in [3.05, 3.63) is 21.9 Å². The van der Waals surface area contributed by atoms with Gasteiger partial charge in [0.1, 0.15) is 0 Å². The number of piperidine rings is 1. The SMILES string of the molecule is CCc1ccc(CNC(=O)CN2CCC(C(=O)O)CC2)s1.Cl. The van der Waals surface area contributed by atoms with Crippen molar-refractivity contribution in [2.75, 3.05) is 19.6 Å². The van der Waals surface area contributed by atoms with Gasteiger partial charge in [0.2, 0.25) is 5.91 Å². The van der Waals surface area contributed by atoms with E-state index < -0.39 is 5.97 Å². The van der Waals surface area contributed by atoms with Crippen LogP contribution in [-0.2, 0) is 22.6 Å². The number of thiophene rings is 1. The fraction of sp³-hybridized carbons (Fsp3) is 0.600. The Morgan fingerprint density at radius 2 is 1.95 bits per heavy atom. The fourth-order valence-electron chi connectivity index (χ4n) is 2.49. The molecule has 1 fully saturated rings. The number of carboxylic acid groups (broad SMARTS) is 1. The van der Waals surface area contributed by atoms with E-state index in [-0.39, 0.29) is 24.2 Å². The number of nitrogens with one attached hydrogen (secondary N) is 1. The quantitative estimate of drug-likeness (QED) is 0.828. The third-order valence-electron chi connectivity index (χ3n) is 3.83. The van der Waals surface area contributed by atoms with E-state index >= 15 is 0 Å². The van der Waals surface area contributed by atoms with Gasteiger partial charge in [0.05, 0.1) is 19.0 Å². The van der Waals surface area contributed by atoms with E-state index in [9.17, 15) is 9.59 Å². The van der Waals surface area contributed by atoms with E-state index in [1.165, 1.54) is 9.75 Å². The molecule has 0 bridgehead atoms. The zero-order valence-electron chi connectivity index (χ0n) is 12.7. The third kappa shape index (κ3) is 5.59. The highest BCUT2D eigenvalue weighted by molar-refractivity contribution is 7.11. The van der Waals surface area contributed by atoms with Crippen molar-refractivity contribution in [1.82, 2.24) is 10.2 Å². The average molecular weight is 347 g/mol. The molecule has 0 unspecified atom stereocenters. The summed E-state index contributed by atoms with van der Waals surface area (Å²) in [4.78, 5) is 27.3. The van der Waals surface area contributed by atoms with E-state index in [0.717, 1.165) is 6.42 Å². The van der Waals surface area contributed by atoms with Crippen LogP contribution in [0.15, 0.2) is 12.1 Å². The molecule has 1 aliphatic rings. The first-order chi connectivity index (χ1) is 10.1. The molecule has 124 valence electrons. The molecule has 1 saturated heterocycles. The Hall–Kier alpha value is -1.11. The van der Waals surface area contributed by atoms with Crippen LogP contribution in [0.1, 0.15) is 29.5 Å². The van der Waals surface area contributed by atoms with Crippen molar-refractivity contribution in [1.29, 1.82) is 0 Å². The minimum Gasteiger partial charge on any atom is -0.481 e. The van der Waals surface area contributed by atoms with E-state index in [1.54, 1.807) is 11.3 Å². The highest BCUT2D eigenvalue weighted by atomic mass is 35.5. The minimum atomic E-state index is -0.719. The number of carbonyl (C=O) groups excluding carboxylic acids is 1. The molecule has 1 amide bonds. The molecule has 2 heterocycles. The monoisotopic (exact) mass is 346 g/mol. The molecule has 1 aliphatic heterocycles. The van der Waals surface area contributed by atoms with Crippen LogP contribution >= 0.6 is 23.7 Å². The number of halogens is 1. The van der Waals surface area contributed by atoms with Crippen LogP contribution in [-0.4, -0.2) is 41.5 Å². The van der Waals surface area contributed by atoms with Gasteiger partial charge < -0.3 is 10.4 Å². The van der Waals surface area contributed by atoms with Gasteiger partial charge in [-0.15, -0.1) is 23.7 Å². The first-order valence-electron chi connectivity index (χ1n) is 7.38. The molecule has 22 heavy (non-hydrogen) atoms. The number of aliphatic carboxylic acids is 1. The van der Waals surface area contributed by atoms with Gasteiger partial charge in [-0.1, -0.05) is 6.92 Å². The lowest BCUT2D eigenvalue weighted by Gasteiger charge is -2.29. The van der Waals surface area contributed by atoms with Gasteiger partial charge in [-0.3, -0.25) is 14.5 Å². The molecule has 0 aromatic carbocycles. The van der Waals surface area contributed by atoms with Gasteiger partial charge >= 0.3 is 5.97 Å². The van der Waals surface area contributed by atoms with Gasteiger partial charge in [-0.2, -0.15) is 0 Å². The Bertz CT molecular complexity index is 499. The van der Waals surface area contributed by atoms with E-state index in [0.29, 0.717) is 39.0 Å². The van der Waals surface area contributed by atoms with Crippen molar-refractivity contribution in [2.24, 2.45) is 5.92 Å². The fourth-order valence-corrected chi connectivity index (χ4v) is 3.39. The summed E-state index contributed by atoms with van der Waals surface area (Å²) in [7, 11) is 0. The maximum absolute atomic E-state index is 11.9. The molecule has 1 aromatic heterocycles. The Morgan fingerprint density at radius 1 is 1.32 bits per heavy atom. The predicted octanol–water partition coefficient (Wildman–Crippen LogP) is 2.15. The second-order valence-electron chi connectivity index (χ2n) is 5.39. The smallest absolute Gasteiger partial charge is 0.306 e. The first-order valence-corrected chi connectivity index (χ1v) is 8.19. The van der Waals surface area contributed by atoms with Crippen LogP contribution in [0.4, 0.5) is 0 Å². The number of carboxylic acids is 1. The molecule has 1 aromatic rings. The Kier molecular flexibility index (Phi) is 7.85. The van der Waals surface area contributed by atoms with Crippen molar-refractivity contribution < 1.29 is 14.7 Å². The Balaban J connectivity index is 0.00000242. The molecule has 5 nitrogen and oxygen atoms in total. The van der Waals surface area contributed by atoms with Crippen molar-refractivity contribution in [3.63, 3.8) is 0 Å². The molecule has 0 saturated carbocycles. The first kappa shape index (κ1) is 18.9. The zero-order valence-corrected chi connectivity index (χ0v) is 14.3. The highest BCUT2D eigenvalue weighted by Gasteiger charge is 2.25. The molecule has 2 N–H and O–H groups in total. The summed E-state index contributed by atoms with van der Waals surface area (Å²) >= 11 is 1.73. The summed E-state index contributed by atoms with van der Waals surface area (Å²) in [6.45, 7) is 4.43. The molecule has 7 heteroatoms. The van der Waals surface area contributed by atoms with Crippen molar-refractivity contribution >= 4 is 35.6 Å². The van der Waals surface area contributed by atoms with Crippen LogP contribution < -0.4 is 5.32 Å². The summed E-state index contributed by atoms with van der Waals surface area (Å²) in [5, 5.41) is 11.9. The number of aryl methyl sites for hydroxylation is 1. The van der Waals surface area contributed by atoms with Gasteiger partial charge in [0, 0.05) is 9.75 Å². The lowest BCUT2D eigenvalue weighted by molar-refractivity contribution is -0.143. The van der Waals surface area contributed by atoms with Gasteiger partial charge in [0.15, 0.2) is 0 Å². The number of amides is 1.